The van der Waals surface area contributed by atoms with Crippen molar-refractivity contribution in [1.82, 2.24) is 4.98 Å². The zero-order chi connectivity index (χ0) is 19.1. The van der Waals surface area contributed by atoms with E-state index >= 15 is 0 Å². The van der Waals surface area contributed by atoms with Crippen molar-refractivity contribution in [1.29, 1.82) is 0 Å². The largest absolute Gasteiger partial charge is 0.460 e. The van der Waals surface area contributed by atoms with Crippen molar-refractivity contribution in [3.63, 3.8) is 0 Å². The number of hydrogen-bond acceptors (Lipinski definition) is 4. The molecule has 0 bridgehead atoms. The summed E-state index contributed by atoms with van der Waals surface area (Å²) < 4.78 is 5.63. The lowest BCUT2D eigenvalue weighted by Gasteiger charge is -2.18. The molecular formula is C22H24ClN2O2. The Morgan fingerprint density at radius 2 is 2.07 bits per heavy atom. The second-order valence-corrected chi connectivity index (χ2v) is 7.00. The van der Waals surface area contributed by atoms with Crippen molar-refractivity contribution < 1.29 is 9.53 Å². The molecule has 1 aliphatic carbocycles. The van der Waals surface area contributed by atoms with Gasteiger partial charge in [-0.25, -0.2) is 0 Å². The number of halogens is 1. The first kappa shape index (κ1) is 19.9. The molecular weight excluding hydrogens is 360 g/mol. The van der Waals surface area contributed by atoms with Gasteiger partial charge in [0.05, 0.1) is 12.1 Å². The van der Waals surface area contributed by atoms with Gasteiger partial charge in [-0.1, -0.05) is 18.5 Å². The van der Waals surface area contributed by atoms with E-state index in [1.807, 2.05) is 44.0 Å². The number of fused-ring (bicyclic) bond motifs is 1. The lowest BCUT2D eigenvalue weighted by Crippen LogP contribution is -2.25. The molecule has 0 spiro atoms. The highest BCUT2D eigenvalue weighted by Gasteiger charge is 2.18. The van der Waals surface area contributed by atoms with Gasteiger partial charge in [-0.3, -0.25) is 9.78 Å². The molecule has 1 unspecified atom stereocenters. The van der Waals surface area contributed by atoms with Crippen molar-refractivity contribution in [2.24, 2.45) is 0 Å². The Morgan fingerprint density at radius 3 is 2.85 bits per heavy atom. The van der Waals surface area contributed by atoms with Crippen molar-refractivity contribution in [3.8, 4) is 0 Å². The Labute approximate surface area is 166 Å². The minimum Gasteiger partial charge on any atom is -0.460 e. The fraction of sp³-hybridized carbons (Fsp3) is 0.318. The van der Waals surface area contributed by atoms with Gasteiger partial charge in [0.15, 0.2) is 0 Å². The molecule has 0 amide bonds. The highest BCUT2D eigenvalue weighted by atomic mass is 35.5. The number of aromatic nitrogens is 1. The van der Waals surface area contributed by atoms with E-state index in [-0.39, 0.29) is 12.1 Å². The highest BCUT2D eigenvalue weighted by Crippen LogP contribution is 2.28. The summed E-state index contributed by atoms with van der Waals surface area (Å²) in [6, 6.07) is 7.56. The van der Waals surface area contributed by atoms with E-state index in [0.29, 0.717) is 18.0 Å². The fourth-order valence-electron chi connectivity index (χ4n) is 3.03. The molecule has 5 heteroatoms. The van der Waals surface area contributed by atoms with Gasteiger partial charge < -0.3 is 10.1 Å². The number of carbonyl (C=O) groups excluding carboxylic acids is 1. The van der Waals surface area contributed by atoms with Crippen LogP contribution in [-0.4, -0.2) is 23.6 Å². The molecule has 141 valence electrons. The molecule has 1 aromatic carbocycles. The van der Waals surface area contributed by atoms with Crippen molar-refractivity contribution in [3.05, 3.63) is 67.1 Å². The number of carbonyl (C=O) groups is 1. The fourth-order valence-corrected chi connectivity index (χ4v) is 3.20. The zero-order valence-electron chi connectivity index (χ0n) is 15.5. The highest BCUT2D eigenvalue weighted by molar-refractivity contribution is 6.31. The van der Waals surface area contributed by atoms with Crippen LogP contribution >= 0.6 is 11.6 Å². The van der Waals surface area contributed by atoms with Crippen molar-refractivity contribution in [2.45, 2.75) is 38.7 Å². The number of hydrogen-bond donors (Lipinski definition) is 1. The Morgan fingerprint density at radius 1 is 1.26 bits per heavy atom. The Balaban J connectivity index is 1.48. The average molecular weight is 384 g/mol. The maximum absolute atomic E-state index is 12.1. The molecule has 1 atom stereocenters. The second kappa shape index (κ2) is 9.93. The molecule has 1 fully saturated rings. The number of esters is 1. The third-order valence-corrected chi connectivity index (χ3v) is 4.79. The van der Waals surface area contributed by atoms with Crippen LogP contribution < -0.4 is 5.32 Å². The summed E-state index contributed by atoms with van der Waals surface area (Å²) in [7, 11) is 0. The molecule has 2 aromatic rings. The standard InChI is InChI=1S/C22H24ClN2O2/c1-2-18(27-22(26)9-5-8-16-6-3-4-7-16)15-25-20-12-13-24-21-14-17(23)10-11-19(20)21/h3-4,6-7,10-14,18H,2,5,8-9,15H2,1H3,(H,24,25). The number of rotatable bonds is 9. The molecule has 27 heavy (non-hydrogen) atoms. The van der Waals surface area contributed by atoms with E-state index in [1.54, 1.807) is 6.20 Å². The molecule has 4 nitrogen and oxygen atoms in total. The Kier molecular flexibility index (Phi) is 7.33. The molecule has 5 radical (unpaired) electrons. The van der Waals surface area contributed by atoms with E-state index in [2.05, 4.69) is 23.1 Å². The maximum atomic E-state index is 12.1. The van der Waals surface area contributed by atoms with Crippen LogP contribution in [-0.2, 0) is 9.53 Å². The summed E-state index contributed by atoms with van der Waals surface area (Å²) in [5, 5.41) is 5.04. The predicted molar refractivity (Wildman–Crippen MR) is 110 cm³/mol. The lowest BCUT2D eigenvalue weighted by molar-refractivity contribution is -0.148. The van der Waals surface area contributed by atoms with Crippen LogP contribution in [0.4, 0.5) is 5.69 Å². The van der Waals surface area contributed by atoms with Crippen LogP contribution in [0.5, 0.6) is 0 Å². The van der Waals surface area contributed by atoms with Gasteiger partial charge in [-0.2, -0.15) is 0 Å². The first-order valence-corrected chi connectivity index (χ1v) is 9.71. The number of anilines is 1. The Hall–Kier alpha value is -1.81. The van der Waals surface area contributed by atoms with E-state index in [1.165, 1.54) is 5.92 Å². The number of nitrogens with one attached hydrogen (secondary N) is 1. The van der Waals surface area contributed by atoms with E-state index in [0.717, 1.165) is 35.9 Å². The third-order valence-electron chi connectivity index (χ3n) is 4.56. The summed E-state index contributed by atoms with van der Waals surface area (Å²) in [5.41, 5.74) is 1.80. The van der Waals surface area contributed by atoms with Crippen LogP contribution in [0.1, 0.15) is 32.6 Å². The topological polar surface area (TPSA) is 51.2 Å². The molecule has 1 saturated carbocycles. The molecule has 3 rings (SSSR count). The SMILES string of the molecule is CCC(CNc1ccnc2cc(Cl)ccc12)OC(=O)CCC[C]1[CH][CH][CH][CH]1. The average Bonchev–Trinajstić information content (AvgIpc) is 3.18. The second-order valence-electron chi connectivity index (χ2n) is 6.57. The minimum atomic E-state index is -0.160. The first-order chi connectivity index (χ1) is 13.2. The molecule has 1 N–H and O–H groups in total. The molecule has 0 aliphatic heterocycles. The van der Waals surface area contributed by atoms with Gasteiger partial charge in [-0.15, -0.1) is 0 Å². The Bertz CT molecular complexity index is 759. The quantitative estimate of drug-likeness (QED) is 0.605. The van der Waals surface area contributed by atoms with E-state index in [4.69, 9.17) is 16.3 Å². The summed E-state index contributed by atoms with van der Waals surface area (Å²) >= 11 is 6.03. The van der Waals surface area contributed by atoms with Crippen LogP contribution in [0, 0.1) is 31.6 Å². The number of benzene rings is 1. The normalized spacial score (nSPS) is 15.8. The summed E-state index contributed by atoms with van der Waals surface area (Å²) in [5.74, 6) is 1.13. The van der Waals surface area contributed by atoms with Crippen LogP contribution in [0.25, 0.3) is 10.9 Å². The smallest absolute Gasteiger partial charge is 0.306 e. The predicted octanol–water partition coefficient (Wildman–Crippen LogP) is 5.20. The number of ether oxygens (including phenoxy) is 1. The summed E-state index contributed by atoms with van der Waals surface area (Å²) in [6.45, 7) is 2.58. The van der Waals surface area contributed by atoms with Gasteiger partial charge in [0.2, 0.25) is 0 Å². The minimum absolute atomic E-state index is 0.137. The number of nitrogens with zero attached hydrogens (tertiary/aromatic N) is 1. The van der Waals surface area contributed by atoms with Gasteiger partial charge in [0, 0.05) is 28.7 Å². The van der Waals surface area contributed by atoms with E-state index in [9.17, 15) is 4.79 Å². The van der Waals surface area contributed by atoms with Crippen LogP contribution in [0.15, 0.2) is 30.5 Å². The van der Waals surface area contributed by atoms with Gasteiger partial charge in [0.25, 0.3) is 0 Å². The summed E-state index contributed by atoms with van der Waals surface area (Å²) in [4.78, 5) is 16.5. The van der Waals surface area contributed by atoms with Gasteiger partial charge >= 0.3 is 5.97 Å². The van der Waals surface area contributed by atoms with Crippen LogP contribution in [0.3, 0.4) is 0 Å². The third kappa shape index (κ3) is 5.83. The van der Waals surface area contributed by atoms with Gasteiger partial charge in [0.1, 0.15) is 6.10 Å². The maximum Gasteiger partial charge on any atom is 0.306 e. The number of pyridine rings is 1. The van der Waals surface area contributed by atoms with Crippen molar-refractivity contribution in [2.75, 3.05) is 11.9 Å². The molecule has 1 aromatic heterocycles. The molecule has 1 aliphatic rings. The molecule has 1 heterocycles. The zero-order valence-corrected chi connectivity index (χ0v) is 16.2. The first-order valence-electron chi connectivity index (χ1n) is 9.34. The van der Waals surface area contributed by atoms with Crippen molar-refractivity contribution >= 4 is 34.2 Å². The van der Waals surface area contributed by atoms with Gasteiger partial charge in [-0.05, 0) is 75.1 Å². The monoisotopic (exact) mass is 383 g/mol. The summed E-state index contributed by atoms with van der Waals surface area (Å²) in [6.07, 6.45) is 12.7. The van der Waals surface area contributed by atoms with Crippen LogP contribution in [0.2, 0.25) is 5.02 Å². The molecule has 0 saturated heterocycles. The lowest BCUT2D eigenvalue weighted by atomic mass is 10.0. The van der Waals surface area contributed by atoms with E-state index < -0.39 is 0 Å².